The molecule has 0 aliphatic carbocycles. The predicted octanol–water partition coefficient (Wildman–Crippen LogP) is 4.50. The standard InChI is InChI=1S/C16H16ClFO2/c1-2-16(19)11-6-8-12(9-7-11)20-10-13-14(17)4-3-5-15(13)18/h3-9,16,19H,2,10H2,1H3. The molecule has 0 aliphatic heterocycles. The molecule has 0 spiro atoms. The third-order valence-electron chi connectivity index (χ3n) is 3.10. The van der Waals surface area contributed by atoms with Crippen molar-refractivity contribution in [2.24, 2.45) is 0 Å². The molecule has 2 nitrogen and oxygen atoms in total. The smallest absolute Gasteiger partial charge is 0.131 e. The molecule has 1 unspecified atom stereocenters. The van der Waals surface area contributed by atoms with E-state index in [1.54, 1.807) is 36.4 Å². The van der Waals surface area contributed by atoms with Crippen molar-refractivity contribution in [3.63, 3.8) is 0 Å². The molecule has 0 radical (unpaired) electrons. The van der Waals surface area contributed by atoms with Crippen molar-refractivity contribution in [1.82, 2.24) is 0 Å². The number of rotatable bonds is 5. The molecule has 1 atom stereocenters. The lowest BCUT2D eigenvalue weighted by atomic mass is 10.1. The van der Waals surface area contributed by atoms with Crippen molar-refractivity contribution in [3.05, 3.63) is 64.4 Å². The van der Waals surface area contributed by atoms with Gasteiger partial charge >= 0.3 is 0 Å². The first kappa shape index (κ1) is 14.8. The van der Waals surface area contributed by atoms with Crippen LogP contribution >= 0.6 is 11.6 Å². The molecule has 0 saturated carbocycles. The summed E-state index contributed by atoms with van der Waals surface area (Å²) in [7, 11) is 0. The highest BCUT2D eigenvalue weighted by Gasteiger charge is 2.08. The van der Waals surface area contributed by atoms with Crippen LogP contribution in [0.15, 0.2) is 42.5 Å². The Morgan fingerprint density at radius 2 is 1.90 bits per heavy atom. The number of aliphatic hydroxyl groups is 1. The topological polar surface area (TPSA) is 29.5 Å². The maximum Gasteiger partial charge on any atom is 0.131 e. The van der Waals surface area contributed by atoms with Gasteiger partial charge in [-0.1, -0.05) is 36.7 Å². The summed E-state index contributed by atoms with van der Waals surface area (Å²) in [4.78, 5) is 0. The first-order chi connectivity index (χ1) is 9.61. The van der Waals surface area contributed by atoms with Gasteiger partial charge in [0.2, 0.25) is 0 Å². The van der Waals surface area contributed by atoms with E-state index in [-0.39, 0.29) is 12.4 Å². The third kappa shape index (κ3) is 3.50. The highest BCUT2D eigenvalue weighted by atomic mass is 35.5. The average Bonchev–Trinajstić information content (AvgIpc) is 2.46. The minimum absolute atomic E-state index is 0.0706. The molecule has 0 aliphatic rings. The molecule has 1 N–H and O–H groups in total. The quantitative estimate of drug-likeness (QED) is 0.879. The van der Waals surface area contributed by atoms with Crippen LogP contribution in [-0.4, -0.2) is 5.11 Å². The molecule has 0 amide bonds. The largest absolute Gasteiger partial charge is 0.489 e. The summed E-state index contributed by atoms with van der Waals surface area (Å²) < 4.78 is 19.1. The van der Waals surface area contributed by atoms with E-state index in [4.69, 9.17) is 16.3 Å². The lowest BCUT2D eigenvalue weighted by molar-refractivity contribution is 0.173. The summed E-state index contributed by atoms with van der Waals surface area (Å²) in [5, 5.41) is 10.0. The summed E-state index contributed by atoms with van der Waals surface area (Å²) >= 11 is 5.93. The van der Waals surface area contributed by atoms with Gasteiger partial charge in [0.1, 0.15) is 18.2 Å². The van der Waals surface area contributed by atoms with Crippen LogP contribution in [0, 0.1) is 5.82 Å². The van der Waals surface area contributed by atoms with Gasteiger partial charge in [0.05, 0.1) is 11.1 Å². The van der Waals surface area contributed by atoms with Gasteiger partial charge in [0.25, 0.3) is 0 Å². The molecule has 106 valence electrons. The summed E-state index contributed by atoms with van der Waals surface area (Å²) in [6.07, 6.45) is 0.190. The first-order valence-electron chi connectivity index (χ1n) is 6.45. The summed E-state index contributed by atoms with van der Waals surface area (Å²) in [5.74, 6) is 0.229. The number of hydrogen-bond donors (Lipinski definition) is 1. The minimum Gasteiger partial charge on any atom is -0.489 e. The van der Waals surface area contributed by atoms with Crippen molar-refractivity contribution in [1.29, 1.82) is 0 Å². The Labute approximate surface area is 122 Å². The number of halogens is 2. The van der Waals surface area contributed by atoms with Crippen LogP contribution < -0.4 is 4.74 Å². The van der Waals surface area contributed by atoms with E-state index in [1.165, 1.54) is 6.07 Å². The van der Waals surface area contributed by atoms with Crippen LogP contribution in [0.25, 0.3) is 0 Å². The number of benzene rings is 2. The molecule has 0 saturated heterocycles. The monoisotopic (exact) mass is 294 g/mol. The van der Waals surface area contributed by atoms with Gasteiger partial charge < -0.3 is 9.84 Å². The van der Waals surface area contributed by atoms with Gasteiger partial charge in [-0.25, -0.2) is 4.39 Å². The Hall–Kier alpha value is -1.58. The number of ether oxygens (including phenoxy) is 1. The molecule has 2 rings (SSSR count). The zero-order valence-electron chi connectivity index (χ0n) is 11.1. The van der Waals surface area contributed by atoms with Crippen LogP contribution in [0.1, 0.15) is 30.6 Å². The van der Waals surface area contributed by atoms with Crippen molar-refractivity contribution >= 4 is 11.6 Å². The summed E-state index contributed by atoms with van der Waals surface area (Å²) in [5.41, 5.74) is 1.18. The Kier molecular flexibility index (Phi) is 4.99. The highest BCUT2D eigenvalue weighted by molar-refractivity contribution is 6.31. The van der Waals surface area contributed by atoms with Crippen molar-refractivity contribution < 1.29 is 14.2 Å². The van der Waals surface area contributed by atoms with Gasteiger partial charge in [-0.15, -0.1) is 0 Å². The van der Waals surface area contributed by atoms with Crippen molar-refractivity contribution in [2.45, 2.75) is 26.1 Å². The van der Waals surface area contributed by atoms with Crippen LogP contribution in [-0.2, 0) is 6.61 Å². The molecule has 0 bridgehead atoms. The predicted molar refractivity (Wildman–Crippen MR) is 77.4 cm³/mol. The first-order valence-corrected chi connectivity index (χ1v) is 6.83. The van der Waals surface area contributed by atoms with Gasteiger partial charge in [-0.2, -0.15) is 0 Å². The molecule has 0 aromatic heterocycles. The normalized spacial score (nSPS) is 12.2. The maximum absolute atomic E-state index is 13.6. The van der Waals surface area contributed by atoms with Gasteiger partial charge in [0, 0.05) is 5.56 Å². The fourth-order valence-corrected chi connectivity index (χ4v) is 2.07. The Bertz CT molecular complexity index is 549. The SMILES string of the molecule is CCC(O)c1ccc(OCc2c(F)cccc2Cl)cc1. The second kappa shape index (κ2) is 6.73. The van der Waals surface area contributed by atoms with Crippen LogP contribution in [0.2, 0.25) is 5.02 Å². The van der Waals surface area contributed by atoms with Crippen molar-refractivity contribution in [2.75, 3.05) is 0 Å². The summed E-state index contributed by atoms with van der Waals surface area (Å²) in [6.45, 7) is 1.98. The Balaban J connectivity index is 2.04. The molecular formula is C16H16ClFO2. The molecule has 0 fully saturated rings. The van der Waals surface area contributed by atoms with E-state index in [9.17, 15) is 9.50 Å². The number of hydrogen-bond acceptors (Lipinski definition) is 2. The second-order valence-corrected chi connectivity index (χ2v) is 4.89. The molecule has 0 heterocycles. The molecule has 4 heteroatoms. The second-order valence-electron chi connectivity index (χ2n) is 4.48. The van der Waals surface area contributed by atoms with E-state index in [0.717, 1.165) is 5.56 Å². The van der Waals surface area contributed by atoms with Crippen LogP contribution in [0.3, 0.4) is 0 Å². The fraction of sp³-hybridized carbons (Fsp3) is 0.250. The lowest BCUT2D eigenvalue weighted by Crippen LogP contribution is -2.00. The van der Waals surface area contributed by atoms with Crippen molar-refractivity contribution in [3.8, 4) is 5.75 Å². The fourth-order valence-electron chi connectivity index (χ4n) is 1.85. The maximum atomic E-state index is 13.6. The van der Waals surface area contributed by atoms with E-state index < -0.39 is 6.10 Å². The zero-order chi connectivity index (χ0) is 14.5. The van der Waals surface area contributed by atoms with E-state index in [1.807, 2.05) is 6.92 Å². The van der Waals surface area contributed by atoms with Crippen LogP contribution in [0.4, 0.5) is 4.39 Å². The third-order valence-corrected chi connectivity index (χ3v) is 3.45. The minimum atomic E-state index is -0.468. The van der Waals surface area contributed by atoms with E-state index >= 15 is 0 Å². The van der Waals surface area contributed by atoms with Gasteiger partial charge in [-0.05, 0) is 36.2 Å². The zero-order valence-corrected chi connectivity index (χ0v) is 11.9. The number of aliphatic hydroxyl groups excluding tert-OH is 1. The average molecular weight is 295 g/mol. The van der Waals surface area contributed by atoms with E-state index in [2.05, 4.69) is 0 Å². The highest BCUT2D eigenvalue weighted by Crippen LogP contribution is 2.23. The lowest BCUT2D eigenvalue weighted by Gasteiger charge is -2.11. The molecular weight excluding hydrogens is 279 g/mol. The Morgan fingerprint density at radius 3 is 2.50 bits per heavy atom. The van der Waals surface area contributed by atoms with Crippen LogP contribution in [0.5, 0.6) is 5.75 Å². The molecule has 2 aromatic carbocycles. The molecule has 2 aromatic rings. The summed E-state index contributed by atoms with van der Waals surface area (Å²) in [6, 6.07) is 11.6. The molecule has 20 heavy (non-hydrogen) atoms. The van der Waals surface area contributed by atoms with E-state index in [0.29, 0.717) is 22.8 Å². The van der Waals surface area contributed by atoms with Gasteiger partial charge in [0.15, 0.2) is 0 Å². The van der Waals surface area contributed by atoms with Gasteiger partial charge in [-0.3, -0.25) is 0 Å². The Morgan fingerprint density at radius 1 is 1.20 bits per heavy atom.